The first kappa shape index (κ1) is 23.7. The van der Waals surface area contributed by atoms with Crippen LogP contribution < -0.4 is 5.73 Å². The molecule has 1 amide bonds. The topological polar surface area (TPSA) is 86.5 Å². The van der Waals surface area contributed by atoms with Crippen molar-refractivity contribution >= 4 is 29.4 Å². The molecule has 0 atom stereocenters. The van der Waals surface area contributed by atoms with E-state index in [0.29, 0.717) is 24.2 Å². The summed E-state index contributed by atoms with van der Waals surface area (Å²) in [6.07, 6.45) is 1.23. The maximum Gasteiger partial charge on any atom is 0.310 e. The molecule has 2 aromatic carbocycles. The summed E-state index contributed by atoms with van der Waals surface area (Å²) in [6.45, 7) is 5.56. The van der Waals surface area contributed by atoms with Crippen molar-refractivity contribution in [2.24, 2.45) is 5.73 Å². The number of ketones is 1. The van der Waals surface area contributed by atoms with E-state index in [9.17, 15) is 14.4 Å². The summed E-state index contributed by atoms with van der Waals surface area (Å²) in [5.74, 6) is 0.0965. The lowest BCUT2D eigenvalue weighted by molar-refractivity contribution is -0.153. The Morgan fingerprint density at radius 2 is 1.57 bits per heavy atom. The second kappa shape index (κ2) is 11.0. The normalized spacial score (nSPS) is 11.2. The van der Waals surface area contributed by atoms with Crippen molar-refractivity contribution in [2.75, 3.05) is 0 Å². The van der Waals surface area contributed by atoms with E-state index < -0.39 is 5.60 Å². The van der Waals surface area contributed by atoms with E-state index in [0.717, 1.165) is 16.0 Å². The van der Waals surface area contributed by atoms with Crippen molar-refractivity contribution in [3.05, 3.63) is 65.2 Å². The van der Waals surface area contributed by atoms with Crippen LogP contribution in [0, 0.1) is 0 Å². The van der Waals surface area contributed by atoms with Crippen molar-refractivity contribution in [2.45, 2.75) is 62.7 Å². The molecule has 2 rings (SSSR count). The molecule has 2 aromatic rings. The van der Waals surface area contributed by atoms with Gasteiger partial charge in [-0.15, -0.1) is 11.8 Å². The molecule has 5 nitrogen and oxygen atoms in total. The molecule has 0 bridgehead atoms. The van der Waals surface area contributed by atoms with Crippen LogP contribution in [0.25, 0.3) is 0 Å². The van der Waals surface area contributed by atoms with E-state index >= 15 is 0 Å². The predicted octanol–water partition coefficient (Wildman–Crippen LogP) is 4.70. The van der Waals surface area contributed by atoms with Gasteiger partial charge in [0.25, 0.3) is 0 Å². The van der Waals surface area contributed by atoms with E-state index in [1.165, 1.54) is 0 Å². The first-order chi connectivity index (χ1) is 14.1. The Labute approximate surface area is 182 Å². The Hall–Kier alpha value is -2.60. The number of esters is 1. The summed E-state index contributed by atoms with van der Waals surface area (Å²) >= 11 is 1.59. The zero-order valence-electron chi connectivity index (χ0n) is 17.8. The quantitative estimate of drug-likeness (QED) is 0.337. The van der Waals surface area contributed by atoms with Crippen molar-refractivity contribution in [1.82, 2.24) is 0 Å². The van der Waals surface area contributed by atoms with Gasteiger partial charge >= 0.3 is 5.97 Å². The number of amides is 1. The smallest absolute Gasteiger partial charge is 0.310 e. The monoisotopic (exact) mass is 427 g/mol. The lowest BCUT2D eigenvalue weighted by atomic mass is 10.1. The highest BCUT2D eigenvalue weighted by Crippen LogP contribution is 2.27. The summed E-state index contributed by atoms with van der Waals surface area (Å²) in [5.41, 5.74) is 7.34. The first-order valence-electron chi connectivity index (χ1n) is 9.97. The van der Waals surface area contributed by atoms with Gasteiger partial charge in [0, 0.05) is 29.1 Å². The highest BCUT2D eigenvalue weighted by Gasteiger charge is 2.16. The van der Waals surface area contributed by atoms with Gasteiger partial charge in [-0.2, -0.15) is 0 Å². The van der Waals surface area contributed by atoms with E-state index in [1.807, 2.05) is 69.3 Å². The number of thioether (sulfide) groups is 1. The number of Topliss-reactive ketones (excluding diaryl/α,β-unsaturated/α-hetero) is 1. The van der Waals surface area contributed by atoms with Crippen molar-refractivity contribution in [3.8, 4) is 0 Å². The standard InChI is InChI=1S/C24H29NO4S/c1-24(2,3)29-23(28)15-17-11-13-18(14-12-17)16-30-21-9-5-4-7-19(21)20(26)8-6-10-22(25)27/h4-5,7,9,11-14H,6,8,10,15-16H2,1-3H3,(H2,25,27). The number of nitrogens with two attached hydrogens (primary N) is 1. The third kappa shape index (κ3) is 8.41. The van der Waals surface area contributed by atoms with Gasteiger partial charge in [0.05, 0.1) is 6.42 Å². The molecule has 0 spiro atoms. The summed E-state index contributed by atoms with van der Waals surface area (Å²) in [4.78, 5) is 36.2. The largest absolute Gasteiger partial charge is 0.460 e. The second-order valence-corrected chi connectivity index (χ2v) is 9.12. The van der Waals surface area contributed by atoms with Gasteiger partial charge < -0.3 is 10.5 Å². The molecule has 0 aliphatic rings. The number of ether oxygens (including phenoxy) is 1. The highest BCUT2D eigenvalue weighted by molar-refractivity contribution is 7.98. The van der Waals surface area contributed by atoms with Crippen molar-refractivity contribution < 1.29 is 19.1 Å². The average Bonchev–Trinajstić information content (AvgIpc) is 2.66. The number of hydrogen-bond acceptors (Lipinski definition) is 5. The average molecular weight is 428 g/mol. The van der Waals surface area contributed by atoms with Crippen LogP contribution in [-0.2, 0) is 26.5 Å². The molecule has 0 heterocycles. The lowest BCUT2D eigenvalue weighted by Gasteiger charge is -2.19. The fraction of sp³-hybridized carbons (Fsp3) is 0.375. The number of primary amides is 1. The lowest BCUT2D eigenvalue weighted by Crippen LogP contribution is -2.24. The number of hydrogen-bond donors (Lipinski definition) is 1. The van der Waals surface area contributed by atoms with Gasteiger partial charge in [0.1, 0.15) is 5.60 Å². The molecule has 30 heavy (non-hydrogen) atoms. The van der Waals surface area contributed by atoms with Gasteiger partial charge in [-0.3, -0.25) is 14.4 Å². The molecule has 0 radical (unpaired) electrons. The zero-order chi connectivity index (χ0) is 22.1. The molecule has 2 N–H and O–H groups in total. The summed E-state index contributed by atoms with van der Waals surface area (Å²) in [5, 5.41) is 0. The molecular weight excluding hydrogens is 398 g/mol. The molecule has 0 unspecified atom stereocenters. The van der Waals surface area contributed by atoms with Gasteiger partial charge in [-0.05, 0) is 44.4 Å². The van der Waals surface area contributed by atoms with Gasteiger partial charge in [-0.1, -0.05) is 42.5 Å². The van der Waals surface area contributed by atoms with Crippen LogP contribution in [-0.4, -0.2) is 23.3 Å². The van der Waals surface area contributed by atoms with Crippen LogP contribution in [0.2, 0.25) is 0 Å². The van der Waals surface area contributed by atoms with Gasteiger partial charge in [0.15, 0.2) is 5.78 Å². The highest BCUT2D eigenvalue weighted by atomic mass is 32.2. The Morgan fingerprint density at radius 1 is 0.933 bits per heavy atom. The van der Waals surface area contributed by atoms with Crippen molar-refractivity contribution in [1.29, 1.82) is 0 Å². The fourth-order valence-electron chi connectivity index (χ4n) is 2.84. The Balaban J connectivity index is 1.93. The molecule has 0 aliphatic heterocycles. The molecule has 160 valence electrons. The Bertz CT molecular complexity index is 885. The van der Waals surface area contributed by atoms with E-state index in [1.54, 1.807) is 11.8 Å². The molecule has 0 aliphatic carbocycles. The fourth-order valence-corrected chi connectivity index (χ4v) is 3.87. The number of carbonyl (C=O) groups is 3. The molecule has 0 saturated carbocycles. The first-order valence-corrected chi connectivity index (χ1v) is 11.0. The minimum absolute atomic E-state index is 0.0204. The summed E-state index contributed by atoms with van der Waals surface area (Å²) in [7, 11) is 0. The number of benzene rings is 2. The van der Waals surface area contributed by atoms with Crippen molar-refractivity contribution in [3.63, 3.8) is 0 Å². The SMILES string of the molecule is CC(C)(C)OC(=O)Cc1ccc(CSc2ccccc2C(=O)CCCC(N)=O)cc1. The van der Waals surface area contributed by atoms with Crippen LogP contribution >= 0.6 is 11.8 Å². The van der Waals surface area contributed by atoms with E-state index in [2.05, 4.69) is 0 Å². The van der Waals surface area contributed by atoms with Crippen LogP contribution in [0.3, 0.4) is 0 Å². The Kier molecular flexibility index (Phi) is 8.66. The molecule has 0 fully saturated rings. The third-order valence-corrected chi connectivity index (χ3v) is 5.34. The minimum Gasteiger partial charge on any atom is -0.460 e. The maximum atomic E-state index is 12.5. The number of rotatable bonds is 10. The van der Waals surface area contributed by atoms with Gasteiger partial charge in [0.2, 0.25) is 5.91 Å². The molecule has 6 heteroatoms. The summed E-state index contributed by atoms with van der Waals surface area (Å²) < 4.78 is 5.35. The molecular formula is C24H29NO4S. The van der Waals surface area contributed by atoms with Gasteiger partial charge in [-0.25, -0.2) is 0 Å². The van der Waals surface area contributed by atoms with Crippen LogP contribution in [0.5, 0.6) is 0 Å². The molecule has 0 saturated heterocycles. The maximum absolute atomic E-state index is 12.5. The summed E-state index contributed by atoms with van der Waals surface area (Å²) in [6, 6.07) is 15.3. The van der Waals surface area contributed by atoms with Crippen LogP contribution in [0.4, 0.5) is 0 Å². The third-order valence-electron chi connectivity index (χ3n) is 4.20. The van der Waals surface area contributed by atoms with Crippen LogP contribution in [0.1, 0.15) is 61.5 Å². The molecule has 0 aromatic heterocycles. The zero-order valence-corrected chi connectivity index (χ0v) is 18.6. The predicted molar refractivity (Wildman–Crippen MR) is 119 cm³/mol. The second-order valence-electron chi connectivity index (χ2n) is 8.11. The van der Waals surface area contributed by atoms with Crippen LogP contribution in [0.15, 0.2) is 53.4 Å². The Morgan fingerprint density at radius 3 is 2.20 bits per heavy atom. The van der Waals surface area contributed by atoms with E-state index in [4.69, 9.17) is 10.5 Å². The minimum atomic E-state index is -0.488. The van der Waals surface area contributed by atoms with E-state index in [-0.39, 0.29) is 30.5 Å². The number of carbonyl (C=O) groups excluding carboxylic acids is 3.